The number of hydrogen-bond donors (Lipinski definition) is 1. The Morgan fingerprint density at radius 1 is 1.04 bits per heavy atom. The first-order chi connectivity index (χ1) is 12.3. The predicted molar refractivity (Wildman–Crippen MR) is 99.2 cm³/mol. The van der Waals surface area contributed by atoms with Gasteiger partial charge in [0.1, 0.15) is 12.1 Å². The van der Waals surface area contributed by atoms with Gasteiger partial charge in [0.2, 0.25) is 5.91 Å². The van der Waals surface area contributed by atoms with Crippen LogP contribution >= 0.6 is 0 Å². The minimum Gasteiger partial charge on any atom is -0.444 e. The summed E-state index contributed by atoms with van der Waals surface area (Å²) in [4.78, 5) is 30.4. The fraction of sp³-hybridized carbons (Fsp3) is 0.350. The van der Waals surface area contributed by atoms with Crippen LogP contribution in [0.25, 0.3) is 0 Å². The molecule has 1 aromatic heterocycles. The minimum absolute atomic E-state index is 0.130. The molecule has 0 aliphatic carbocycles. The summed E-state index contributed by atoms with van der Waals surface area (Å²) in [6, 6.07) is 15.3. The molecule has 0 aliphatic rings. The molecule has 0 atom stereocenters. The molecule has 1 aromatic carbocycles. The van der Waals surface area contributed by atoms with E-state index >= 15 is 0 Å². The molecule has 0 spiro atoms. The zero-order valence-corrected chi connectivity index (χ0v) is 15.4. The number of nitrogens with one attached hydrogen (secondary N) is 1. The van der Waals surface area contributed by atoms with Gasteiger partial charge in [0.15, 0.2) is 0 Å². The van der Waals surface area contributed by atoms with Crippen LogP contribution in [-0.2, 0) is 22.6 Å². The van der Waals surface area contributed by atoms with Gasteiger partial charge in [0.05, 0.1) is 12.2 Å². The lowest BCUT2D eigenvalue weighted by atomic mass is 10.2. The van der Waals surface area contributed by atoms with Gasteiger partial charge < -0.3 is 15.0 Å². The molecule has 2 amide bonds. The Kier molecular flexibility index (Phi) is 6.72. The number of nitrogens with zero attached hydrogens (tertiary/aromatic N) is 2. The summed E-state index contributed by atoms with van der Waals surface area (Å²) in [6.45, 7) is 6.00. The van der Waals surface area contributed by atoms with Gasteiger partial charge >= 0.3 is 6.09 Å². The Hall–Kier alpha value is -2.89. The molecular formula is C20H25N3O3. The molecule has 0 aliphatic heterocycles. The van der Waals surface area contributed by atoms with Crippen molar-refractivity contribution in [1.82, 2.24) is 15.2 Å². The van der Waals surface area contributed by atoms with Gasteiger partial charge in [-0.25, -0.2) is 4.79 Å². The minimum atomic E-state index is -0.608. The number of hydrogen-bond acceptors (Lipinski definition) is 4. The van der Waals surface area contributed by atoms with E-state index in [2.05, 4.69) is 10.3 Å². The summed E-state index contributed by atoms with van der Waals surface area (Å²) in [5, 5.41) is 2.52. The monoisotopic (exact) mass is 355 g/mol. The molecule has 0 fully saturated rings. The zero-order chi connectivity index (χ0) is 19.0. The van der Waals surface area contributed by atoms with Crippen molar-refractivity contribution >= 4 is 12.0 Å². The molecule has 0 unspecified atom stereocenters. The highest BCUT2D eigenvalue weighted by Crippen LogP contribution is 2.09. The third-order valence-electron chi connectivity index (χ3n) is 3.43. The Labute approximate surface area is 154 Å². The second kappa shape index (κ2) is 8.99. The van der Waals surface area contributed by atoms with Crippen LogP contribution in [0.2, 0.25) is 0 Å². The largest absolute Gasteiger partial charge is 0.444 e. The smallest absolute Gasteiger partial charge is 0.408 e. The maximum Gasteiger partial charge on any atom is 0.408 e. The first kappa shape index (κ1) is 19.4. The van der Waals surface area contributed by atoms with Crippen molar-refractivity contribution in [2.24, 2.45) is 0 Å². The molecule has 1 heterocycles. The summed E-state index contributed by atoms with van der Waals surface area (Å²) >= 11 is 0. The van der Waals surface area contributed by atoms with Gasteiger partial charge in [-0.05, 0) is 38.5 Å². The van der Waals surface area contributed by atoms with Crippen LogP contribution in [0.1, 0.15) is 32.0 Å². The van der Waals surface area contributed by atoms with Gasteiger partial charge in [-0.1, -0.05) is 36.4 Å². The van der Waals surface area contributed by atoms with Crippen molar-refractivity contribution in [1.29, 1.82) is 0 Å². The van der Waals surface area contributed by atoms with Crippen molar-refractivity contribution in [2.75, 3.05) is 6.54 Å². The van der Waals surface area contributed by atoms with Crippen LogP contribution in [-0.4, -0.2) is 34.0 Å². The summed E-state index contributed by atoms with van der Waals surface area (Å²) in [7, 11) is 0. The van der Waals surface area contributed by atoms with Crippen LogP contribution in [0.5, 0.6) is 0 Å². The second-order valence-electron chi connectivity index (χ2n) is 6.91. The number of amides is 2. The normalized spacial score (nSPS) is 10.9. The molecular weight excluding hydrogens is 330 g/mol. The van der Waals surface area contributed by atoms with Gasteiger partial charge in [0.25, 0.3) is 0 Å². The third-order valence-corrected chi connectivity index (χ3v) is 3.43. The highest BCUT2D eigenvalue weighted by Gasteiger charge is 2.19. The van der Waals surface area contributed by atoms with Crippen molar-refractivity contribution in [2.45, 2.75) is 39.5 Å². The molecule has 2 rings (SSSR count). The van der Waals surface area contributed by atoms with Crippen LogP contribution in [0.15, 0.2) is 54.7 Å². The Morgan fingerprint density at radius 2 is 1.73 bits per heavy atom. The Bertz CT molecular complexity index is 671. The fourth-order valence-electron chi connectivity index (χ4n) is 2.30. The highest BCUT2D eigenvalue weighted by molar-refractivity contribution is 5.82. The van der Waals surface area contributed by atoms with E-state index in [1.54, 1.807) is 31.9 Å². The molecule has 6 nitrogen and oxygen atoms in total. The summed E-state index contributed by atoms with van der Waals surface area (Å²) < 4.78 is 5.17. The van der Waals surface area contributed by atoms with Crippen molar-refractivity contribution in [3.8, 4) is 0 Å². The number of carbonyl (C=O) groups is 2. The van der Waals surface area contributed by atoms with E-state index in [0.29, 0.717) is 13.1 Å². The standard InChI is InChI=1S/C20H25N3O3/c1-20(2,3)26-19(25)22-13-18(24)23(14-16-9-5-4-6-10-16)15-17-11-7-8-12-21-17/h4-12H,13-15H2,1-3H3,(H,22,25). The zero-order valence-electron chi connectivity index (χ0n) is 15.4. The molecule has 0 saturated heterocycles. The SMILES string of the molecule is CC(C)(C)OC(=O)NCC(=O)N(Cc1ccccc1)Cc1ccccn1. The lowest BCUT2D eigenvalue weighted by Gasteiger charge is -2.24. The topological polar surface area (TPSA) is 71.5 Å². The molecule has 2 aromatic rings. The number of benzene rings is 1. The maximum atomic E-state index is 12.6. The van der Waals surface area contributed by atoms with Crippen LogP contribution in [0.4, 0.5) is 4.79 Å². The van der Waals surface area contributed by atoms with Crippen LogP contribution < -0.4 is 5.32 Å². The summed E-state index contributed by atoms with van der Waals surface area (Å²) in [5.41, 5.74) is 1.19. The first-order valence-corrected chi connectivity index (χ1v) is 8.52. The van der Waals surface area contributed by atoms with E-state index in [1.165, 1.54) is 0 Å². The van der Waals surface area contributed by atoms with E-state index in [0.717, 1.165) is 11.3 Å². The predicted octanol–water partition coefficient (Wildman–Crippen LogP) is 3.14. The van der Waals surface area contributed by atoms with Gasteiger partial charge in [0, 0.05) is 12.7 Å². The second-order valence-corrected chi connectivity index (χ2v) is 6.91. The van der Waals surface area contributed by atoms with Gasteiger partial charge in [-0.15, -0.1) is 0 Å². The van der Waals surface area contributed by atoms with Crippen molar-refractivity contribution in [3.05, 3.63) is 66.0 Å². The number of carbonyl (C=O) groups excluding carboxylic acids is 2. The van der Waals surface area contributed by atoms with E-state index in [4.69, 9.17) is 4.74 Å². The van der Waals surface area contributed by atoms with Gasteiger partial charge in [-0.3, -0.25) is 9.78 Å². The van der Waals surface area contributed by atoms with Crippen molar-refractivity contribution in [3.63, 3.8) is 0 Å². The maximum absolute atomic E-state index is 12.6. The Balaban J connectivity index is 2.02. The van der Waals surface area contributed by atoms with Gasteiger partial charge in [-0.2, -0.15) is 0 Å². The Morgan fingerprint density at radius 3 is 2.35 bits per heavy atom. The number of aromatic nitrogens is 1. The number of rotatable bonds is 6. The lowest BCUT2D eigenvalue weighted by molar-refractivity contribution is -0.131. The average Bonchev–Trinajstić information content (AvgIpc) is 2.59. The molecule has 26 heavy (non-hydrogen) atoms. The van der Waals surface area contributed by atoms with E-state index in [-0.39, 0.29) is 12.5 Å². The summed E-state index contributed by atoms with van der Waals surface area (Å²) in [6.07, 6.45) is 1.09. The molecule has 1 N–H and O–H groups in total. The first-order valence-electron chi connectivity index (χ1n) is 8.52. The molecule has 138 valence electrons. The van der Waals surface area contributed by atoms with E-state index in [9.17, 15) is 9.59 Å². The highest BCUT2D eigenvalue weighted by atomic mass is 16.6. The fourth-order valence-corrected chi connectivity index (χ4v) is 2.30. The average molecular weight is 355 g/mol. The number of pyridine rings is 1. The molecule has 6 heteroatoms. The van der Waals surface area contributed by atoms with E-state index in [1.807, 2.05) is 48.5 Å². The van der Waals surface area contributed by atoms with E-state index < -0.39 is 11.7 Å². The molecule has 0 radical (unpaired) electrons. The third kappa shape index (κ3) is 6.93. The number of ether oxygens (including phenoxy) is 1. The lowest BCUT2D eigenvalue weighted by Crippen LogP contribution is -2.41. The number of alkyl carbamates (subject to hydrolysis) is 1. The van der Waals surface area contributed by atoms with Crippen LogP contribution in [0.3, 0.4) is 0 Å². The van der Waals surface area contributed by atoms with Crippen molar-refractivity contribution < 1.29 is 14.3 Å². The molecule has 0 saturated carbocycles. The summed E-state index contributed by atoms with van der Waals surface area (Å²) in [5.74, 6) is -0.203. The quantitative estimate of drug-likeness (QED) is 0.864. The molecule has 0 bridgehead atoms. The van der Waals surface area contributed by atoms with Crippen LogP contribution in [0, 0.1) is 0 Å².